The third-order valence-corrected chi connectivity index (χ3v) is 2.83. The van der Waals surface area contributed by atoms with Gasteiger partial charge in [-0.15, -0.1) is 0 Å². The summed E-state index contributed by atoms with van der Waals surface area (Å²) in [6.07, 6.45) is 0.618. The number of carbonyl (C=O) groups excluding carboxylic acids is 1. The monoisotopic (exact) mass is 297 g/mol. The number of hydrogen-bond donors (Lipinski definition) is 1. The Labute approximate surface area is 93.1 Å². The standard InChI is InChI=1S/C8H16IN3O/c1-11-4-6-12(7-5-11)8(13)2-3-10-9/h10H,2-7H2,1H3. The van der Waals surface area contributed by atoms with E-state index in [1.807, 2.05) is 4.90 Å². The van der Waals surface area contributed by atoms with Crippen LogP contribution in [0, 0.1) is 0 Å². The van der Waals surface area contributed by atoms with Gasteiger partial charge in [0.15, 0.2) is 0 Å². The molecule has 5 heteroatoms. The van der Waals surface area contributed by atoms with Gasteiger partial charge in [-0.05, 0) is 7.05 Å². The van der Waals surface area contributed by atoms with Crippen molar-refractivity contribution in [3.05, 3.63) is 0 Å². The van der Waals surface area contributed by atoms with Crippen LogP contribution in [0.15, 0.2) is 0 Å². The van der Waals surface area contributed by atoms with Crippen LogP contribution in [-0.2, 0) is 4.79 Å². The van der Waals surface area contributed by atoms with Crippen molar-refractivity contribution >= 4 is 28.8 Å². The largest absolute Gasteiger partial charge is 0.340 e. The molecule has 1 heterocycles. The molecule has 0 atom stereocenters. The zero-order chi connectivity index (χ0) is 9.68. The zero-order valence-corrected chi connectivity index (χ0v) is 10.1. The van der Waals surface area contributed by atoms with Crippen LogP contribution in [0.1, 0.15) is 6.42 Å². The number of hydrogen-bond acceptors (Lipinski definition) is 3. The van der Waals surface area contributed by atoms with Crippen LogP contribution in [0.5, 0.6) is 0 Å². The molecule has 1 fully saturated rings. The summed E-state index contributed by atoms with van der Waals surface area (Å²) in [5.74, 6) is 0.275. The highest BCUT2D eigenvalue weighted by Gasteiger charge is 2.17. The number of amides is 1. The Balaban J connectivity index is 2.23. The van der Waals surface area contributed by atoms with Gasteiger partial charge in [0.25, 0.3) is 0 Å². The van der Waals surface area contributed by atoms with Gasteiger partial charge in [-0.1, -0.05) is 0 Å². The number of halogens is 1. The van der Waals surface area contributed by atoms with Crippen molar-refractivity contribution in [1.82, 2.24) is 13.3 Å². The third-order valence-electron chi connectivity index (χ3n) is 2.29. The quantitative estimate of drug-likeness (QED) is 0.592. The van der Waals surface area contributed by atoms with E-state index in [1.165, 1.54) is 0 Å². The number of rotatable bonds is 3. The Bertz CT molecular complexity index is 169. The molecular formula is C8H16IN3O. The first-order valence-electron chi connectivity index (χ1n) is 4.54. The van der Waals surface area contributed by atoms with Crippen LogP contribution in [0.4, 0.5) is 0 Å². The smallest absolute Gasteiger partial charge is 0.223 e. The minimum atomic E-state index is 0.275. The molecule has 0 aromatic carbocycles. The maximum atomic E-state index is 11.5. The molecule has 0 saturated carbocycles. The molecular weight excluding hydrogens is 281 g/mol. The molecule has 0 bridgehead atoms. The Morgan fingerprint density at radius 3 is 2.54 bits per heavy atom. The summed E-state index contributed by atoms with van der Waals surface area (Å²) >= 11 is 2.07. The molecule has 0 spiro atoms. The van der Waals surface area contributed by atoms with Gasteiger partial charge in [-0.3, -0.25) is 8.32 Å². The summed E-state index contributed by atoms with van der Waals surface area (Å²) < 4.78 is 2.96. The summed E-state index contributed by atoms with van der Waals surface area (Å²) in [6, 6.07) is 0. The second kappa shape index (κ2) is 5.77. The van der Waals surface area contributed by atoms with E-state index in [0.717, 1.165) is 32.7 Å². The maximum absolute atomic E-state index is 11.5. The molecule has 0 aliphatic carbocycles. The third kappa shape index (κ3) is 3.78. The van der Waals surface area contributed by atoms with E-state index < -0.39 is 0 Å². The maximum Gasteiger partial charge on any atom is 0.223 e. The molecule has 1 aliphatic rings. The van der Waals surface area contributed by atoms with Gasteiger partial charge < -0.3 is 9.80 Å². The number of nitrogens with zero attached hydrogens (tertiary/aromatic N) is 2. The van der Waals surface area contributed by atoms with Crippen LogP contribution in [-0.4, -0.2) is 55.5 Å². The lowest BCUT2D eigenvalue weighted by molar-refractivity contribution is -0.132. The second-order valence-electron chi connectivity index (χ2n) is 3.32. The van der Waals surface area contributed by atoms with Gasteiger partial charge in [0, 0.05) is 62.0 Å². The highest BCUT2D eigenvalue weighted by Crippen LogP contribution is 2.01. The van der Waals surface area contributed by atoms with Crippen LogP contribution < -0.4 is 3.53 Å². The Morgan fingerprint density at radius 2 is 2.00 bits per heavy atom. The second-order valence-corrected chi connectivity index (χ2v) is 4.08. The number of likely N-dealkylation sites (N-methyl/N-ethyl adjacent to an activating group) is 1. The Kier molecular flexibility index (Phi) is 4.97. The van der Waals surface area contributed by atoms with Crippen LogP contribution in [0.2, 0.25) is 0 Å². The predicted octanol–water partition coefficient (Wildman–Crippen LogP) is 0.0901. The molecule has 1 saturated heterocycles. The molecule has 1 rings (SSSR count). The summed E-state index contributed by atoms with van der Waals surface area (Å²) in [6.45, 7) is 4.55. The lowest BCUT2D eigenvalue weighted by atomic mass is 10.3. The normalized spacial score (nSPS) is 19.1. The van der Waals surface area contributed by atoms with Gasteiger partial charge in [-0.25, -0.2) is 0 Å². The van der Waals surface area contributed by atoms with Crippen molar-refractivity contribution in [2.75, 3.05) is 39.8 Å². The zero-order valence-electron chi connectivity index (χ0n) is 7.92. The van der Waals surface area contributed by atoms with E-state index in [1.54, 1.807) is 0 Å². The number of piperazine rings is 1. The fourth-order valence-electron chi connectivity index (χ4n) is 1.37. The van der Waals surface area contributed by atoms with Crippen molar-refractivity contribution in [3.63, 3.8) is 0 Å². The number of nitrogens with one attached hydrogen (secondary N) is 1. The average Bonchev–Trinajstić information content (AvgIpc) is 2.15. The minimum absolute atomic E-state index is 0.275. The lowest BCUT2D eigenvalue weighted by Crippen LogP contribution is -2.47. The van der Waals surface area contributed by atoms with Gasteiger partial charge in [0.1, 0.15) is 0 Å². The van der Waals surface area contributed by atoms with E-state index in [-0.39, 0.29) is 5.91 Å². The molecule has 1 N–H and O–H groups in total. The molecule has 0 radical (unpaired) electrons. The fourth-order valence-corrected chi connectivity index (χ4v) is 1.64. The van der Waals surface area contributed by atoms with E-state index in [2.05, 4.69) is 38.3 Å². The molecule has 13 heavy (non-hydrogen) atoms. The topological polar surface area (TPSA) is 35.6 Å². The summed E-state index contributed by atoms with van der Waals surface area (Å²) in [7, 11) is 2.09. The SMILES string of the molecule is CN1CCN(C(=O)CCNI)CC1. The average molecular weight is 297 g/mol. The highest BCUT2D eigenvalue weighted by molar-refractivity contribution is 14.1. The number of carbonyl (C=O) groups is 1. The van der Waals surface area contributed by atoms with Crippen molar-refractivity contribution in [2.45, 2.75) is 6.42 Å². The van der Waals surface area contributed by atoms with Crippen molar-refractivity contribution in [3.8, 4) is 0 Å². The van der Waals surface area contributed by atoms with Crippen LogP contribution in [0.25, 0.3) is 0 Å². The first kappa shape index (κ1) is 11.2. The van der Waals surface area contributed by atoms with Crippen molar-refractivity contribution < 1.29 is 4.79 Å². The summed E-state index contributed by atoms with van der Waals surface area (Å²) in [5, 5.41) is 0. The summed E-state index contributed by atoms with van der Waals surface area (Å²) in [5.41, 5.74) is 0. The molecule has 0 unspecified atom stereocenters. The van der Waals surface area contributed by atoms with Gasteiger partial charge in [0.05, 0.1) is 0 Å². The molecule has 0 aromatic rings. The molecule has 1 aliphatic heterocycles. The molecule has 1 amide bonds. The van der Waals surface area contributed by atoms with E-state index in [4.69, 9.17) is 0 Å². The van der Waals surface area contributed by atoms with Gasteiger partial charge in [0.2, 0.25) is 5.91 Å². The molecule has 4 nitrogen and oxygen atoms in total. The molecule has 76 valence electrons. The lowest BCUT2D eigenvalue weighted by Gasteiger charge is -2.32. The van der Waals surface area contributed by atoms with Crippen LogP contribution >= 0.6 is 22.9 Å². The first-order chi connectivity index (χ1) is 6.24. The van der Waals surface area contributed by atoms with E-state index in [9.17, 15) is 4.79 Å². The summed E-state index contributed by atoms with van der Waals surface area (Å²) in [4.78, 5) is 15.7. The predicted molar refractivity (Wildman–Crippen MR) is 60.7 cm³/mol. The van der Waals surface area contributed by atoms with Crippen molar-refractivity contribution in [2.24, 2.45) is 0 Å². The van der Waals surface area contributed by atoms with Crippen molar-refractivity contribution in [1.29, 1.82) is 0 Å². The van der Waals surface area contributed by atoms with Crippen LogP contribution in [0.3, 0.4) is 0 Å². The van der Waals surface area contributed by atoms with Gasteiger partial charge in [-0.2, -0.15) is 0 Å². The minimum Gasteiger partial charge on any atom is -0.340 e. The highest BCUT2D eigenvalue weighted by atomic mass is 127. The first-order valence-corrected chi connectivity index (χ1v) is 5.61. The Hall–Kier alpha value is 0.120. The van der Waals surface area contributed by atoms with E-state index >= 15 is 0 Å². The van der Waals surface area contributed by atoms with Gasteiger partial charge >= 0.3 is 0 Å². The van der Waals surface area contributed by atoms with E-state index in [0.29, 0.717) is 6.42 Å². The Morgan fingerprint density at radius 1 is 1.38 bits per heavy atom. The fraction of sp³-hybridized carbons (Fsp3) is 0.875. The molecule has 0 aromatic heterocycles.